The van der Waals surface area contributed by atoms with Crippen LogP contribution in [0.4, 0.5) is 0 Å². The standard InChI is InChI=1S/C20H26O6/c1-9-14-15(24-12(2)21)10-13(25-17(22)19(3,4)5)11-16(14)26-18(23)20(6,7)8/h9-11H,1H2,2-8H3. The van der Waals surface area contributed by atoms with E-state index >= 15 is 0 Å². The van der Waals surface area contributed by atoms with E-state index in [0.717, 1.165) is 0 Å². The molecule has 6 heteroatoms. The van der Waals surface area contributed by atoms with Crippen LogP contribution in [0.1, 0.15) is 54.0 Å². The molecule has 0 aromatic heterocycles. The van der Waals surface area contributed by atoms with Gasteiger partial charge in [0.2, 0.25) is 0 Å². The highest BCUT2D eigenvalue weighted by molar-refractivity contribution is 5.82. The summed E-state index contributed by atoms with van der Waals surface area (Å²) in [6.45, 7) is 15.2. The van der Waals surface area contributed by atoms with Crippen molar-refractivity contribution in [2.75, 3.05) is 0 Å². The van der Waals surface area contributed by atoms with Gasteiger partial charge in [0.05, 0.1) is 16.4 Å². The molecule has 0 atom stereocenters. The molecule has 142 valence electrons. The molecule has 0 saturated carbocycles. The number of carbonyl (C=O) groups excluding carboxylic acids is 3. The van der Waals surface area contributed by atoms with E-state index in [1.807, 2.05) is 0 Å². The number of carbonyl (C=O) groups is 3. The highest BCUT2D eigenvalue weighted by atomic mass is 16.6. The van der Waals surface area contributed by atoms with Crippen molar-refractivity contribution in [1.82, 2.24) is 0 Å². The van der Waals surface area contributed by atoms with Crippen molar-refractivity contribution in [2.24, 2.45) is 10.8 Å². The molecule has 0 aliphatic heterocycles. The van der Waals surface area contributed by atoms with Crippen LogP contribution in [0.25, 0.3) is 6.08 Å². The zero-order valence-electron chi connectivity index (χ0n) is 16.4. The number of hydrogen-bond donors (Lipinski definition) is 0. The number of rotatable bonds is 4. The minimum absolute atomic E-state index is 0.0865. The SMILES string of the molecule is C=Cc1c(OC(C)=O)cc(OC(=O)C(C)(C)C)cc1OC(=O)C(C)(C)C. The Bertz CT molecular complexity index is 732. The third kappa shape index (κ3) is 5.72. The van der Waals surface area contributed by atoms with E-state index in [4.69, 9.17) is 14.2 Å². The summed E-state index contributed by atoms with van der Waals surface area (Å²) in [5, 5.41) is 0. The summed E-state index contributed by atoms with van der Waals surface area (Å²) in [5.41, 5.74) is -1.17. The Balaban J connectivity index is 3.42. The maximum Gasteiger partial charge on any atom is 0.316 e. The Morgan fingerprint density at radius 2 is 1.27 bits per heavy atom. The van der Waals surface area contributed by atoms with Gasteiger partial charge in [0.15, 0.2) is 0 Å². The first-order valence-corrected chi connectivity index (χ1v) is 8.19. The molecule has 0 saturated heterocycles. The predicted octanol–water partition coefficient (Wildman–Crippen LogP) is 4.16. The summed E-state index contributed by atoms with van der Waals surface area (Å²) in [5.74, 6) is -1.26. The molecule has 1 aromatic rings. The van der Waals surface area contributed by atoms with Gasteiger partial charge < -0.3 is 14.2 Å². The lowest BCUT2D eigenvalue weighted by molar-refractivity contribution is -0.143. The van der Waals surface area contributed by atoms with Crippen LogP contribution in [0.15, 0.2) is 18.7 Å². The average Bonchev–Trinajstić information content (AvgIpc) is 2.44. The highest BCUT2D eigenvalue weighted by Crippen LogP contribution is 2.37. The Morgan fingerprint density at radius 3 is 1.65 bits per heavy atom. The Kier molecular flexibility index (Phi) is 6.36. The highest BCUT2D eigenvalue weighted by Gasteiger charge is 2.28. The van der Waals surface area contributed by atoms with E-state index in [0.29, 0.717) is 5.56 Å². The molecular weight excluding hydrogens is 336 g/mol. The van der Waals surface area contributed by atoms with E-state index in [2.05, 4.69) is 6.58 Å². The summed E-state index contributed by atoms with van der Waals surface area (Å²) in [7, 11) is 0. The van der Waals surface area contributed by atoms with Gasteiger partial charge in [-0.05, 0) is 41.5 Å². The molecule has 1 aromatic carbocycles. The van der Waals surface area contributed by atoms with Crippen molar-refractivity contribution in [1.29, 1.82) is 0 Å². The van der Waals surface area contributed by atoms with Crippen LogP contribution >= 0.6 is 0 Å². The van der Waals surface area contributed by atoms with Crippen molar-refractivity contribution < 1.29 is 28.6 Å². The topological polar surface area (TPSA) is 78.9 Å². The van der Waals surface area contributed by atoms with Crippen LogP contribution < -0.4 is 14.2 Å². The first-order valence-electron chi connectivity index (χ1n) is 8.19. The van der Waals surface area contributed by atoms with Gasteiger partial charge >= 0.3 is 17.9 Å². The third-order valence-corrected chi connectivity index (χ3v) is 3.17. The fourth-order valence-corrected chi connectivity index (χ4v) is 1.67. The van der Waals surface area contributed by atoms with Gasteiger partial charge in [-0.25, -0.2) is 0 Å². The number of benzene rings is 1. The first-order chi connectivity index (χ1) is 11.8. The molecule has 0 aliphatic carbocycles. The number of ether oxygens (including phenoxy) is 3. The molecule has 0 aliphatic rings. The molecule has 1 rings (SSSR count). The van der Waals surface area contributed by atoms with Crippen LogP contribution in [0, 0.1) is 10.8 Å². The van der Waals surface area contributed by atoms with Crippen molar-refractivity contribution in [3.8, 4) is 17.2 Å². The van der Waals surface area contributed by atoms with E-state index in [1.165, 1.54) is 25.1 Å². The molecule has 0 fully saturated rings. The van der Waals surface area contributed by atoms with Crippen molar-refractivity contribution in [3.63, 3.8) is 0 Å². The minimum Gasteiger partial charge on any atom is -0.426 e. The van der Waals surface area contributed by atoms with Crippen molar-refractivity contribution >= 4 is 24.0 Å². The van der Waals surface area contributed by atoms with Crippen molar-refractivity contribution in [2.45, 2.75) is 48.5 Å². The second-order valence-electron chi connectivity index (χ2n) is 7.91. The second-order valence-corrected chi connectivity index (χ2v) is 7.91. The predicted molar refractivity (Wildman–Crippen MR) is 98.0 cm³/mol. The average molecular weight is 362 g/mol. The molecule has 0 amide bonds. The summed E-state index contributed by atoms with van der Waals surface area (Å²) in [6, 6.07) is 2.79. The van der Waals surface area contributed by atoms with Gasteiger partial charge in [0.1, 0.15) is 17.2 Å². The van der Waals surface area contributed by atoms with Crippen LogP contribution in [0.2, 0.25) is 0 Å². The van der Waals surface area contributed by atoms with Gasteiger partial charge in [0, 0.05) is 19.1 Å². The lowest BCUT2D eigenvalue weighted by Crippen LogP contribution is -2.27. The largest absolute Gasteiger partial charge is 0.426 e. The lowest BCUT2D eigenvalue weighted by atomic mass is 9.97. The number of hydrogen-bond acceptors (Lipinski definition) is 6. The summed E-state index contributed by atoms with van der Waals surface area (Å²) in [4.78, 5) is 35.8. The molecule has 0 bridgehead atoms. The van der Waals surface area contributed by atoms with Gasteiger partial charge in [-0.1, -0.05) is 12.7 Å². The zero-order valence-corrected chi connectivity index (χ0v) is 16.4. The molecule has 26 heavy (non-hydrogen) atoms. The maximum atomic E-state index is 12.3. The number of esters is 3. The lowest BCUT2D eigenvalue weighted by Gasteiger charge is -2.20. The van der Waals surface area contributed by atoms with Crippen LogP contribution in [-0.2, 0) is 14.4 Å². The fraction of sp³-hybridized carbons (Fsp3) is 0.450. The summed E-state index contributed by atoms with van der Waals surface area (Å²) < 4.78 is 15.9. The van der Waals surface area contributed by atoms with Crippen LogP contribution in [0.5, 0.6) is 17.2 Å². The van der Waals surface area contributed by atoms with Crippen molar-refractivity contribution in [3.05, 3.63) is 24.3 Å². The Hall–Kier alpha value is -2.63. The van der Waals surface area contributed by atoms with Crippen LogP contribution in [0.3, 0.4) is 0 Å². The Labute approximate surface area is 154 Å². The second kappa shape index (κ2) is 7.72. The fourth-order valence-electron chi connectivity index (χ4n) is 1.67. The van der Waals surface area contributed by atoms with E-state index in [-0.39, 0.29) is 17.2 Å². The van der Waals surface area contributed by atoms with E-state index in [1.54, 1.807) is 41.5 Å². The molecule has 0 radical (unpaired) electrons. The smallest absolute Gasteiger partial charge is 0.316 e. The van der Waals surface area contributed by atoms with E-state index in [9.17, 15) is 14.4 Å². The van der Waals surface area contributed by atoms with Gasteiger partial charge in [0.25, 0.3) is 0 Å². The first kappa shape index (κ1) is 21.4. The monoisotopic (exact) mass is 362 g/mol. The molecule has 0 unspecified atom stereocenters. The molecule has 6 nitrogen and oxygen atoms in total. The third-order valence-electron chi connectivity index (χ3n) is 3.17. The maximum absolute atomic E-state index is 12.3. The molecule has 0 N–H and O–H groups in total. The summed E-state index contributed by atoms with van der Waals surface area (Å²) >= 11 is 0. The molecular formula is C20H26O6. The quantitative estimate of drug-likeness (QED) is 0.591. The van der Waals surface area contributed by atoms with E-state index < -0.39 is 28.7 Å². The molecule has 0 spiro atoms. The van der Waals surface area contributed by atoms with Crippen LogP contribution in [-0.4, -0.2) is 17.9 Å². The zero-order chi connectivity index (χ0) is 20.3. The Morgan fingerprint density at radius 1 is 0.846 bits per heavy atom. The normalized spacial score (nSPS) is 11.5. The van der Waals surface area contributed by atoms with Gasteiger partial charge in [-0.2, -0.15) is 0 Å². The van der Waals surface area contributed by atoms with Gasteiger partial charge in [-0.3, -0.25) is 14.4 Å². The minimum atomic E-state index is -0.752. The summed E-state index contributed by atoms with van der Waals surface area (Å²) in [6.07, 6.45) is 1.40. The van der Waals surface area contributed by atoms with Gasteiger partial charge in [-0.15, -0.1) is 0 Å². The molecule has 0 heterocycles.